The van der Waals surface area contributed by atoms with Gasteiger partial charge in [-0.05, 0) is 25.2 Å². The van der Waals surface area contributed by atoms with Crippen molar-refractivity contribution in [1.29, 1.82) is 0 Å². The van der Waals surface area contributed by atoms with Crippen molar-refractivity contribution in [2.75, 3.05) is 18.2 Å². The summed E-state index contributed by atoms with van der Waals surface area (Å²) in [6.45, 7) is 4.79. The van der Waals surface area contributed by atoms with E-state index in [0.29, 0.717) is 24.8 Å². The van der Waals surface area contributed by atoms with Crippen LogP contribution in [-0.4, -0.2) is 36.9 Å². The molecule has 1 saturated carbocycles. The first-order chi connectivity index (χ1) is 7.97. The molecule has 0 heterocycles. The third-order valence-electron chi connectivity index (χ3n) is 3.17. The molecule has 0 aromatic rings. The van der Waals surface area contributed by atoms with Gasteiger partial charge in [0.25, 0.3) is 0 Å². The molecule has 0 spiro atoms. The van der Waals surface area contributed by atoms with Crippen molar-refractivity contribution < 1.29 is 8.42 Å². The highest BCUT2D eigenvalue weighted by molar-refractivity contribution is 7.89. The van der Waals surface area contributed by atoms with Crippen molar-refractivity contribution in [3.8, 4) is 0 Å². The van der Waals surface area contributed by atoms with Gasteiger partial charge < -0.3 is 0 Å². The summed E-state index contributed by atoms with van der Waals surface area (Å²) in [6, 6.07) is 0.234. The number of hydrogen-bond donors (Lipinski definition) is 0. The van der Waals surface area contributed by atoms with Crippen molar-refractivity contribution in [1.82, 2.24) is 4.31 Å². The predicted molar refractivity (Wildman–Crippen MR) is 72.9 cm³/mol. The van der Waals surface area contributed by atoms with Crippen LogP contribution in [0, 0.1) is 5.92 Å². The Bertz CT molecular complexity index is 310. The third kappa shape index (κ3) is 4.76. The van der Waals surface area contributed by atoms with Crippen LogP contribution in [0.2, 0.25) is 0 Å². The second kappa shape index (κ2) is 6.95. The first kappa shape index (κ1) is 15.3. The van der Waals surface area contributed by atoms with E-state index in [9.17, 15) is 8.42 Å². The number of sulfonamides is 1. The monoisotopic (exact) mass is 281 g/mol. The van der Waals surface area contributed by atoms with Crippen molar-refractivity contribution in [2.24, 2.45) is 5.92 Å². The zero-order chi connectivity index (χ0) is 12.9. The van der Waals surface area contributed by atoms with Crippen LogP contribution in [-0.2, 0) is 10.0 Å². The standard InChI is InChI=1S/C12H24ClNO2S/c1-11(2)10-14(12-6-3-4-7-12)17(15,16)9-5-8-13/h11-12H,3-10H2,1-2H3. The van der Waals surface area contributed by atoms with E-state index in [0.717, 1.165) is 25.7 Å². The molecule has 0 N–H and O–H groups in total. The lowest BCUT2D eigenvalue weighted by Gasteiger charge is -2.29. The molecule has 0 unspecified atom stereocenters. The van der Waals surface area contributed by atoms with Crippen LogP contribution in [0.3, 0.4) is 0 Å². The molecule has 5 heteroatoms. The van der Waals surface area contributed by atoms with Gasteiger partial charge in [0, 0.05) is 18.5 Å². The van der Waals surface area contributed by atoms with Gasteiger partial charge in [-0.25, -0.2) is 8.42 Å². The Hall–Kier alpha value is 0.200. The first-order valence-corrected chi connectivity index (χ1v) is 8.67. The number of hydrogen-bond acceptors (Lipinski definition) is 2. The molecule has 0 radical (unpaired) electrons. The van der Waals surface area contributed by atoms with Gasteiger partial charge in [0.15, 0.2) is 0 Å². The molecular weight excluding hydrogens is 258 g/mol. The maximum absolute atomic E-state index is 12.3. The van der Waals surface area contributed by atoms with Crippen LogP contribution in [0.1, 0.15) is 46.0 Å². The number of halogens is 1. The molecule has 1 rings (SSSR count). The molecule has 0 saturated heterocycles. The maximum atomic E-state index is 12.3. The van der Waals surface area contributed by atoms with E-state index in [2.05, 4.69) is 13.8 Å². The summed E-state index contributed by atoms with van der Waals surface area (Å²) in [5.41, 5.74) is 0. The Morgan fingerprint density at radius 2 is 1.88 bits per heavy atom. The number of alkyl halides is 1. The second-order valence-electron chi connectivity index (χ2n) is 5.26. The summed E-state index contributed by atoms with van der Waals surface area (Å²) >= 11 is 5.59. The minimum absolute atomic E-state index is 0.194. The summed E-state index contributed by atoms with van der Waals surface area (Å²) in [4.78, 5) is 0. The molecule has 102 valence electrons. The van der Waals surface area contributed by atoms with Crippen LogP contribution in [0.15, 0.2) is 0 Å². The van der Waals surface area contributed by atoms with Gasteiger partial charge in [-0.1, -0.05) is 26.7 Å². The van der Waals surface area contributed by atoms with Gasteiger partial charge in [-0.3, -0.25) is 0 Å². The maximum Gasteiger partial charge on any atom is 0.214 e. The van der Waals surface area contributed by atoms with E-state index in [1.54, 1.807) is 4.31 Å². The van der Waals surface area contributed by atoms with E-state index in [4.69, 9.17) is 11.6 Å². The average molecular weight is 282 g/mol. The lowest BCUT2D eigenvalue weighted by molar-refractivity contribution is 0.292. The van der Waals surface area contributed by atoms with E-state index >= 15 is 0 Å². The molecule has 1 fully saturated rings. The van der Waals surface area contributed by atoms with Gasteiger partial charge in [-0.2, -0.15) is 4.31 Å². The van der Waals surface area contributed by atoms with E-state index in [-0.39, 0.29) is 11.8 Å². The van der Waals surface area contributed by atoms with Crippen molar-refractivity contribution in [3.63, 3.8) is 0 Å². The number of rotatable bonds is 7. The molecule has 17 heavy (non-hydrogen) atoms. The molecule has 1 aliphatic carbocycles. The minimum atomic E-state index is -3.11. The summed E-state index contributed by atoms with van der Waals surface area (Å²) in [5, 5.41) is 0. The van der Waals surface area contributed by atoms with Gasteiger partial charge in [0.05, 0.1) is 5.75 Å². The smallest absolute Gasteiger partial charge is 0.212 e. The number of nitrogens with zero attached hydrogens (tertiary/aromatic N) is 1. The molecule has 0 bridgehead atoms. The van der Waals surface area contributed by atoms with Crippen LogP contribution in [0.5, 0.6) is 0 Å². The summed E-state index contributed by atoms with van der Waals surface area (Å²) in [6.07, 6.45) is 4.90. The Kier molecular flexibility index (Phi) is 6.24. The topological polar surface area (TPSA) is 37.4 Å². The van der Waals surface area contributed by atoms with Gasteiger partial charge in [-0.15, -0.1) is 11.6 Å². The van der Waals surface area contributed by atoms with Crippen LogP contribution < -0.4 is 0 Å². The summed E-state index contributed by atoms with van der Waals surface area (Å²) in [7, 11) is -3.11. The highest BCUT2D eigenvalue weighted by Crippen LogP contribution is 2.27. The quantitative estimate of drug-likeness (QED) is 0.673. The molecule has 0 aliphatic heterocycles. The highest BCUT2D eigenvalue weighted by Gasteiger charge is 2.31. The normalized spacial score (nSPS) is 18.4. The van der Waals surface area contributed by atoms with Crippen molar-refractivity contribution in [3.05, 3.63) is 0 Å². The fourth-order valence-electron chi connectivity index (χ4n) is 2.40. The highest BCUT2D eigenvalue weighted by atomic mass is 35.5. The summed E-state index contributed by atoms with van der Waals surface area (Å²) < 4.78 is 26.3. The molecule has 0 atom stereocenters. The van der Waals surface area contributed by atoms with Crippen molar-refractivity contribution >= 4 is 21.6 Å². The average Bonchev–Trinajstić information content (AvgIpc) is 2.76. The van der Waals surface area contributed by atoms with E-state index in [1.165, 1.54) is 0 Å². The lowest BCUT2D eigenvalue weighted by atomic mass is 10.2. The molecule has 0 aromatic heterocycles. The van der Waals surface area contributed by atoms with Crippen LogP contribution >= 0.6 is 11.6 Å². The third-order valence-corrected chi connectivity index (χ3v) is 5.40. The SMILES string of the molecule is CC(C)CN(C1CCCC1)S(=O)(=O)CCCCl. The Balaban J connectivity index is 2.73. The fraction of sp³-hybridized carbons (Fsp3) is 1.00. The van der Waals surface area contributed by atoms with Crippen LogP contribution in [0.25, 0.3) is 0 Å². The van der Waals surface area contributed by atoms with Crippen molar-refractivity contribution in [2.45, 2.75) is 52.0 Å². The largest absolute Gasteiger partial charge is 0.214 e. The van der Waals surface area contributed by atoms with Gasteiger partial charge in [0.1, 0.15) is 0 Å². The van der Waals surface area contributed by atoms with E-state index < -0.39 is 10.0 Å². The fourth-order valence-corrected chi connectivity index (χ4v) is 4.62. The Morgan fingerprint density at radius 3 is 2.35 bits per heavy atom. The molecular formula is C12H24ClNO2S. The summed E-state index contributed by atoms with van der Waals surface area (Å²) in [5.74, 6) is 0.987. The minimum Gasteiger partial charge on any atom is -0.212 e. The molecule has 0 amide bonds. The Labute approximate surface area is 111 Å². The second-order valence-corrected chi connectivity index (χ2v) is 7.68. The molecule has 1 aliphatic rings. The van der Waals surface area contributed by atoms with Gasteiger partial charge >= 0.3 is 0 Å². The van der Waals surface area contributed by atoms with Gasteiger partial charge in [0.2, 0.25) is 10.0 Å². The zero-order valence-corrected chi connectivity index (χ0v) is 12.4. The first-order valence-electron chi connectivity index (χ1n) is 6.53. The lowest BCUT2D eigenvalue weighted by Crippen LogP contribution is -2.42. The van der Waals surface area contributed by atoms with E-state index in [1.807, 2.05) is 0 Å². The predicted octanol–water partition coefficient (Wildman–Crippen LogP) is 2.85. The van der Waals surface area contributed by atoms with Crippen LogP contribution in [0.4, 0.5) is 0 Å². The molecule has 0 aromatic carbocycles. The molecule has 3 nitrogen and oxygen atoms in total. The zero-order valence-electron chi connectivity index (χ0n) is 10.9. The Morgan fingerprint density at radius 1 is 1.29 bits per heavy atom.